The molecule has 2 N–H and O–H groups in total. The lowest BCUT2D eigenvalue weighted by atomic mass is 9.64. The van der Waals surface area contributed by atoms with Gasteiger partial charge in [0.1, 0.15) is 5.54 Å². The van der Waals surface area contributed by atoms with E-state index < -0.39 is 17.7 Å². The Hall–Kier alpha value is -1.63. The molecule has 28 heavy (non-hydrogen) atoms. The van der Waals surface area contributed by atoms with Crippen LogP contribution in [-0.4, -0.2) is 46.7 Å². The van der Waals surface area contributed by atoms with Crippen LogP contribution < -0.4 is 5.32 Å². The summed E-state index contributed by atoms with van der Waals surface area (Å²) in [4.78, 5) is 26.7. The lowest BCUT2D eigenvalue weighted by molar-refractivity contribution is -0.136. The van der Waals surface area contributed by atoms with Gasteiger partial charge in [0.05, 0.1) is 25.9 Å². The number of halogens is 1. The molecule has 1 heterocycles. The molecule has 3 atom stereocenters. The summed E-state index contributed by atoms with van der Waals surface area (Å²) in [5, 5.41) is 13.8. The molecule has 2 aliphatic rings. The Morgan fingerprint density at radius 1 is 1.32 bits per heavy atom. The number of ether oxygens (including phenoxy) is 1. The van der Waals surface area contributed by atoms with E-state index in [1.165, 1.54) is 0 Å². The number of nitrogens with zero attached hydrogens (tertiary/aromatic N) is 1. The molecule has 1 aliphatic carbocycles. The molecule has 2 fully saturated rings. The Balaban J connectivity index is 1.57. The average molecular weight is 409 g/mol. The number of β-amino-alcohol motifs (C(OH)–C–C–N with tert-alkyl or cyclic N) is 1. The Bertz CT molecular complexity index is 754. The summed E-state index contributed by atoms with van der Waals surface area (Å²) >= 11 is 6.08. The van der Waals surface area contributed by atoms with Crippen molar-refractivity contribution in [2.75, 3.05) is 13.2 Å². The van der Waals surface area contributed by atoms with Crippen LogP contribution in [0.4, 0.5) is 4.79 Å². The number of nitrogens with one attached hydrogen (secondary N) is 1. The second kappa shape index (κ2) is 8.01. The summed E-state index contributed by atoms with van der Waals surface area (Å²) in [5.41, 5.74) is -0.0484. The lowest BCUT2D eigenvalue weighted by Crippen LogP contribution is -2.54. The molecule has 0 radical (unpaired) electrons. The fourth-order valence-corrected chi connectivity index (χ4v) is 5.05. The molecule has 1 spiro atoms. The van der Waals surface area contributed by atoms with Crippen LogP contribution >= 0.6 is 11.6 Å². The minimum Gasteiger partial charge on any atom is -0.389 e. The molecular formula is C21H29ClN2O4. The highest BCUT2D eigenvalue weighted by Crippen LogP contribution is 2.46. The van der Waals surface area contributed by atoms with Crippen molar-refractivity contribution >= 4 is 23.5 Å². The molecule has 1 saturated carbocycles. The molecule has 3 amide bonds. The molecule has 0 aromatic heterocycles. The van der Waals surface area contributed by atoms with E-state index in [9.17, 15) is 14.7 Å². The quantitative estimate of drug-likeness (QED) is 0.707. The van der Waals surface area contributed by atoms with Crippen LogP contribution in [0.1, 0.15) is 45.6 Å². The SMILES string of the molecule is C[C@@H]1CC(C)(C)C[C@]2(C1)NC(=O)N(C[C@H](O)COCc1ccccc1Cl)C2=O. The smallest absolute Gasteiger partial charge is 0.325 e. The van der Waals surface area contributed by atoms with Gasteiger partial charge >= 0.3 is 6.03 Å². The van der Waals surface area contributed by atoms with Crippen molar-refractivity contribution < 1.29 is 19.4 Å². The first-order valence-corrected chi connectivity index (χ1v) is 10.1. The van der Waals surface area contributed by atoms with Crippen molar-refractivity contribution in [3.63, 3.8) is 0 Å². The van der Waals surface area contributed by atoms with Gasteiger partial charge in [0.2, 0.25) is 0 Å². The van der Waals surface area contributed by atoms with Gasteiger partial charge < -0.3 is 15.2 Å². The number of carbonyl (C=O) groups excluding carboxylic acids is 2. The fourth-order valence-electron chi connectivity index (χ4n) is 4.86. The molecule has 7 heteroatoms. The molecule has 154 valence electrons. The predicted octanol–water partition coefficient (Wildman–Crippen LogP) is 3.35. The van der Waals surface area contributed by atoms with Crippen molar-refractivity contribution in [1.82, 2.24) is 10.2 Å². The van der Waals surface area contributed by atoms with Crippen LogP contribution in [0.2, 0.25) is 5.02 Å². The van der Waals surface area contributed by atoms with Crippen LogP contribution in [0.3, 0.4) is 0 Å². The molecule has 0 unspecified atom stereocenters. The number of carbonyl (C=O) groups is 2. The van der Waals surface area contributed by atoms with Crippen LogP contribution in [-0.2, 0) is 16.1 Å². The third kappa shape index (κ3) is 4.50. The van der Waals surface area contributed by atoms with Crippen LogP contribution in [0, 0.1) is 11.3 Å². The van der Waals surface area contributed by atoms with Gasteiger partial charge in [0.15, 0.2) is 0 Å². The lowest BCUT2D eigenvalue weighted by Gasteiger charge is -2.43. The van der Waals surface area contributed by atoms with Crippen molar-refractivity contribution in [1.29, 1.82) is 0 Å². The second-order valence-corrected chi connectivity index (χ2v) is 9.45. The summed E-state index contributed by atoms with van der Waals surface area (Å²) < 4.78 is 5.53. The Labute approximate surface area is 171 Å². The maximum atomic E-state index is 13.1. The number of amides is 3. The molecule has 1 aromatic rings. The van der Waals surface area contributed by atoms with Gasteiger partial charge in [-0.15, -0.1) is 0 Å². The number of hydrogen-bond donors (Lipinski definition) is 2. The van der Waals surface area contributed by atoms with E-state index in [0.29, 0.717) is 23.8 Å². The highest BCUT2D eigenvalue weighted by molar-refractivity contribution is 6.31. The average Bonchev–Trinajstić information content (AvgIpc) is 2.78. The first-order chi connectivity index (χ1) is 13.1. The summed E-state index contributed by atoms with van der Waals surface area (Å²) in [7, 11) is 0. The van der Waals surface area contributed by atoms with Crippen molar-refractivity contribution in [2.24, 2.45) is 11.3 Å². The molecule has 1 aliphatic heterocycles. The first-order valence-electron chi connectivity index (χ1n) is 9.75. The third-order valence-corrected chi connectivity index (χ3v) is 5.91. The normalized spacial score (nSPS) is 27.9. The number of benzene rings is 1. The number of hydrogen-bond acceptors (Lipinski definition) is 4. The summed E-state index contributed by atoms with van der Waals surface area (Å²) in [5.74, 6) is 0.110. The van der Waals surface area contributed by atoms with E-state index in [0.717, 1.165) is 16.9 Å². The third-order valence-electron chi connectivity index (χ3n) is 5.54. The predicted molar refractivity (Wildman–Crippen MR) is 107 cm³/mol. The molecule has 3 rings (SSSR count). The molecule has 6 nitrogen and oxygen atoms in total. The second-order valence-electron chi connectivity index (χ2n) is 9.04. The summed E-state index contributed by atoms with van der Waals surface area (Å²) in [6.45, 7) is 6.56. The van der Waals surface area contributed by atoms with Crippen LogP contribution in [0.25, 0.3) is 0 Å². The molecule has 0 bridgehead atoms. The number of aliphatic hydroxyl groups is 1. The zero-order valence-electron chi connectivity index (χ0n) is 16.7. The number of urea groups is 1. The van der Waals surface area contributed by atoms with Gasteiger partial charge in [-0.2, -0.15) is 0 Å². The van der Waals surface area contributed by atoms with E-state index in [1.807, 2.05) is 18.2 Å². The molecule has 1 aromatic carbocycles. The highest BCUT2D eigenvalue weighted by Gasteiger charge is 2.56. The Kier molecular flexibility index (Phi) is 6.03. The van der Waals surface area contributed by atoms with Gasteiger partial charge in [-0.1, -0.05) is 50.6 Å². The topological polar surface area (TPSA) is 78.9 Å². The number of rotatable bonds is 6. The summed E-state index contributed by atoms with van der Waals surface area (Å²) in [6.07, 6.45) is 1.32. The molecule has 1 saturated heterocycles. The highest BCUT2D eigenvalue weighted by atomic mass is 35.5. The van der Waals surface area contributed by atoms with Crippen molar-refractivity contribution in [2.45, 2.75) is 58.3 Å². The Morgan fingerprint density at radius 2 is 2.04 bits per heavy atom. The largest absolute Gasteiger partial charge is 0.389 e. The minimum atomic E-state index is -0.957. The van der Waals surface area contributed by atoms with Gasteiger partial charge in [-0.25, -0.2) is 4.79 Å². The van der Waals surface area contributed by atoms with Crippen molar-refractivity contribution in [3.8, 4) is 0 Å². The number of imide groups is 1. The van der Waals surface area contributed by atoms with Gasteiger partial charge in [-0.3, -0.25) is 9.69 Å². The van der Waals surface area contributed by atoms with Crippen LogP contribution in [0.15, 0.2) is 24.3 Å². The van der Waals surface area contributed by atoms with E-state index in [2.05, 4.69) is 26.1 Å². The van der Waals surface area contributed by atoms with E-state index in [4.69, 9.17) is 16.3 Å². The summed E-state index contributed by atoms with van der Waals surface area (Å²) in [6, 6.07) is 6.89. The maximum absolute atomic E-state index is 13.1. The van der Waals surface area contributed by atoms with E-state index in [1.54, 1.807) is 6.07 Å². The number of aliphatic hydroxyl groups excluding tert-OH is 1. The van der Waals surface area contributed by atoms with Crippen LogP contribution in [0.5, 0.6) is 0 Å². The maximum Gasteiger partial charge on any atom is 0.325 e. The van der Waals surface area contributed by atoms with E-state index in [-0.39, 0.29) is 31.1 Å². The fraction of sp³-hybridized carbons (Fsp3) is 0.619. The van der Waals surface area contributed by atoms with Gasteiger partial charge in [-0.05, 0) is 42.2 Å². The van der Waals surface area contributed by atoms with Gasteiger partial charge in [0, 0.05) is 5.02 Å². The van der Waals surface area contributed by atoms with E-state index >= 15 is 0 Å². The standard InChI is InChI=1S/C21H29ClN2O4/c1-14-8-20(2,3)13-21(9-14)18(26)24(19(27)23-21)10-16(25)12-28-11-15-6-4-5-7-17(15)22/h4-7,14,16,25H,8-13H2,1-3H3,(H,23,27)/t14-,16+,21+/m1/s1. The zero-order valence-corrected chi connectivity index (χ0v) is 17.5. The minimum absolute atomic E-state index is 0.0111. The van der Waals surface area contributed by atoms with Crippen molar-refractivity contribution in [3.05, 3.63) is 34.9 Å². The first kappa shape index (κ1) is 21.1. The monoisotopic (exact) mass is 408 g/mol. The zero-order chi connectivity index (χ0) is 20.5. The molecular weight excluding hydrogens is 380 g/mol. The Morgan fingerprint density at radius 3 is 2.71 bits per heavy atom. The van der Waals surface area contributed by atoms with Gasteiger partial charge in [0.25, 0.3) is 5.91 Å².